The number of carboxylic acid groups (broad SMARTS) is 1. The van der Waals surface area contributed by atoms with Gasteiger partial charge in [0.25, 0.3) is 5.56 Å². The summed E-state index contributed by atoms with van der Waals surface area (Å²) in [7, 11) is 0. The van der Waals surface area contributed by atoms with E-state index in [1.807, 2.05) is 0 Å². The van der Waals surface area contributed by atoms with Gasteiger partial charge in [-0.15, -0.1) is 0 Å². The summed E-state index contributed by atoms with van der Waals surface area (Å²) < 4.78 is 19.3. The van der Waals surface area contributed by atoms with Gasteiger partial charge in [0, 0.05) is 29.1 Å². The second-order valence-electron chi connectivity index (χ2n) is 5.49. The molecule has 8 heteroatoms. The fourth-order valence-electron chi connectivity index (χ4n) is 3.02. The van der Waals surface area contributed by atoms with Crippen LogP contribution in [0, 0.1) is 5.82 Å². The molecule has 1 fully saturated rings. The quantitative estimate of drug-likeness (QED) is 0.877. The zero-order valence-corrected chi connectivity index (χ0v) is 12.7. The van der Waals surface area contributed by atoms with Crippen LogP contribution in [0.3, 0.4) is 0 Å². The normalized spacial score (nSPS) is 21.4. The van der Waals surface area contributed by atoms with Gasteiger partial charge in [0.15, 0.2) is 0 Å². The summed E-state index contributed by atoms with van der Waals surface area (Å²) in [6, 6.07) is 4.87. The Balaban J connectivity index is 1.94. The molecule has 2 aromatic rings. The highest BCUT2D eigenvalue weighted by Crippen LogP contribution is 2.40. The molecule has 1 aliphatic heterocycles. The Morgan fingerprint density at radius 2 is 2.22 bits per heavy atom. The predicted molar refractivity (Wildman–Crippen MR) is 80.2 cm³/mol. The van der Waals surface area contributed by atoms with Crippen LogP contribution in [0.1, 0.15) is 36.1 Å². The van der Waals surface area contributed by atoms with E-state index in [4.69, 9.17) is 16.1 Å². The van der Waals surface area contributed by atoms with E-state index >= 15 is 0 Å². The maximum atomic E-state index is 14.2. The Labute approximate surface area is 135 Å². The summed E-state index contributed by atoms with van der Waals surface area (Å²) in [5.41, 5.74) is -0.0886. The van der Waals surface area contributed by atoms with Crippen LogP contribution in [-0.4, -0.2) is 27.8 Å². The molecule has 0 radical (unpaired) electrons. The number of aromatic nitrogens is 1. The van der Waals surface area contributed by atoms with Gasteiger partial charge in [-0.1, -0.05) is 17.7 Å². The van der Waals surface area contributed by atoms with Crippen molar-refractivity contribution < 1.29 is 18.8 Å². The maximum absolute atomic E-state index is 14.2. The molecule has 6 nitrogen and oxygen atoms in total. The number of hydrogen-bond donors (Lipinski definition) is 2. The number of aromatic amines is 1. The first-order chi connectivity index (χ1) is 11.0. The van der Waals surface area contributed by atoms with E-state index in [0.29, 0.717) is 18.6 Å². The molecular formula is C15H14ClFN2O4. The molecule has 122 valence electrons. The van der Waals surface area contributed by atoms with E-state index in [1.165, 1.54) is 23.1 Å². The highest BCUT2D eigenvalue weighted by Gasteiger charge is 2.36. The second kappa shape index (κ2) is 6.08. The third-order valence-corrected chi connectivity index (χ3v) is 4.35. The number of carbonyl (C=O) groups is 1. The zero-order valence-electron chi connectivity index (χ0n) is 12.0. The molecule has 0 spiro atoms. The van der Waals surface area contributed by atoms with Crippen molar-refractivity contribution in [2.75, 3.05) is 6.54 Å². The average molecular weight is 341 g/mol. The van der Waals surface area contributed by atoms with Crippen LogP contribution >= 0.6 is 11.6 Å². The van der Waals surface area contributed by atoms with Crippen LogP contribution in [-0.2, 0) is 0 Å². The molecule has 1 saturated heterocycles. The Morgan fingerprint density at radius 3 is 2.83 bits per heavy atom. The summed E-state index contributed by atoms with van der Waals surface area (Å²) in [6.07, 6.45) is -0.289. The van der Waals surface area contributed by atoms with E-state index < -0.39 is 18.0 Å². The molecule has 0 saturated carbocycles. The number of benzene rings is 1. The van der Waals surface area contributed by atoms with Gasteiger partial charge in [-0.3, -0.25) is 4.79 Å². The lowest BCUT2D eigenvalue weighted by atomic mass is 9.85. The van der Waals surface area contributed by atoms with Crippen LogP contribution in [0.25, 0.3) is 0 Å². The van der Waals surface area contributed by atoms with Crippen LogP contribution in [0.4, 0.5) is 9.18 Å². The first-order valence-corrected chi connectivity index (χ1v) is 7.46. The molecule has 2 heterocycles. The third kappa shape index (κ3) is 3.10. The third-order valence-electron chi connectivity index (χ3n) is 4.11. The van der Waals surface area contributed by atoms with Crippen LogP contribution < -0.4 is 5.56 Å². The van der Waals surface area contributed by atoms with Crippen molar-refractivity contribution in [2.24, 2.45) is 0 Å². The Bertz CT molecular complexity index is 788. The number of nitrogens with zero attached hydrogens (tertiary/aromatic N) is 1. The van der Waals surface area contributed by atoms with Gasteiger partial charge >= 0.3 is 6.09 Å². The number of hydrogen-bond acceptors (Lipinski definition) is 3. The number of H-pyrrole nitrogens is 1. The van der Waals surface area contributed by atoms with Crippen molar-refractivity contribution in [3.8, 4) is 0 Å². The molecule has 0 aliphatic carbocycles. The standard InChI is InChI=1S/C15H14ClFN2O4/c16-9-1-2-10(11(17)6-9)12-5-8(3-4-19(12)15(21)22)13-7-14(20)18-23-13/h1-2,6-8,12H,3-5H2,(H,18,20)(H,21,22)/t8-,12-/m0/s1. The average Bonchev–Trinajstić information content (AvgIpc) is 2.93. The van der Waals surface area contributed by atoms with Crippen LogP contribution in [0.15, 0.2) is 33.6 Å². The maximum Gasteiger partial charge on any atom is 0.407 e. The van der Waals surface area contributed by atoms with Crippen molar-refractivity contribution in [2.45, 2.75) is 24.8 Å². The van der Waals surface area contributed by atoms with Gasteiger partial charge in [0.2, 0.25) is 0 Å². The van der Waals surface area contributed by atoms with Crippen LogP contribution in [0.2, 0.25) is 5.02 Å². The number of nitrogens with one attached hydrogen (secondary N) is 1. The first kappa shape index (κ1) is 15.6. The second-order valence-corrected chi connectivity index (χ2v) is 5.93. The van der Waals surface area contributed by atoms with Gasteiger partial charge in [0.05, 0.1) is 6.04 Å². The summed E-state index contributed by atoms with van der Waals surface area (Å²) in [5.74, 6) is -0.256. The van der Waals surface area contributed by atoms with E-state index in [-0.39, 0.29) is 28.6 Å². The summed E-state index contributed by atoms with van der Waals surface area (Å²) in [5, 5.41) is 11.8. The zero-order chi connectivity index (χ0) is 16.6. The smallest absolute Gasteiger partial charge is 0.407 e. The highest BCUT2D eigenvalue weighted by molar-refractivity contribution is 6.30. The number of amides is 1. The van der Waals surface area contributed by atoms with Crippen molar-refractivity contribution in [3.05, 3.63) is 56.8 Å². The molecule has 2 N–H and O–H groups in total. The minimum absolute atomic E-state index is 0.162. The molecule has 3 rings (SSSR count). The Hall–Kier alpha value is -2.28. The van der Waals surface area contributed by atoms with Gasteiger partial charge in [-0.25, -0.2) is 9.18 Å². The van der Waals surface area contributed by atoms with E-state index in [0.717, 1.165) is 6.07 Å². The van der Waals surface area contributed by atoms with Gasteiger partial charge < -0.3 is 14.5 Å². The highest BCUT2D eigenvalue weighted by atomic mass is 35.5. The summed E-state index contributed by atoms with van der Waals surface area (Å²) in [4.78, 5) is 23.9. The Kier molecular flexibility index (Phi) is 4.12. The number of likely N-dealkylation sites (tertiary alicyclic amines) is 1. The number of rotatable bonds is 2. The molecule has 23 heavy (non-hydrogen) atoms. The molecule has 1 aliphatic rings. The van der Waals surface area contributed by atoms with Gasteiger partial charge in [-0.2, -0.15) is 5.16 Å². The predicted octanol–water partition coefficient (Wildman–Crippen LogP) is 3.36. The Morgan fingerprint density at radius 1 is 1.43 bits per heavy atom. The minimum Gasteiger partial charge on any atom is -0.465 e. The summed E-state index contributed by atoms with van der Waals surface area (Å²) >= 11 is 5.76. The lowest BCUT2D eigenvalue weighted by Gasteiger charge is -2.37. The van der Waals surface area contributed by atoms with Crippen molar-refractivity contribution in [1.82, 2.24) is 10.1 Å². The monoisotopic (exact) mass is 340 g/mol. The lowest BCUT2D eigenvalue weighted by Crippen LogP contribution is -2.40. The number of halogens is 2. The fraction of sp³-hybridized carbons (Fsp3) is 0.333. The molecule has 1 amide bonds. The SMILES string of the molecule is O=C(O)N1CC[C@H](c2cc(=O)[nH]o2)C[C@H]1c1ccc(Cl)cc1F. The van der Waals surface area contributed by atoms with Crippen molar-refractivity contribution in [3.63, 3.8) is 0 Å². The van der Waals surface area contributed by atoms with E-state index in [1.54, 1.807) is 0 Å². The molecular weight excluding hydrogens is 327 g/mol. The largest absolute Gasteiger partial charge is 0.465 e. The first-order valence-electron chi connectivity index (χ1n) is 7.08. The van der Waals surface area contributed by atoms with Gasteiger partial charge in [0.1, 0.15) is 11.6 Å². The lowest BCUT2D eigenvalue weighted by molar-refractivity contribution is 0.0955. The van der Waals surface area contributed by atoms with Crippen LogP contribution in [0.5, 0.6) is 0 Å². The van der Waals surface area contributed by atoms with Crippen molar-refractivity contribution in [1.29, 1.82) is 0 Å². The minimum atomic E-state index is -1.11. The van der Waals surface area contributed by atoms with E-state index in [2.05, 4.69) is 5.16 Å². The summed E-state index contributed by atoms with van der Waals surface area (Å²) in [6.45, 7) is 0.224. The van der Waals surface area contributed by atoms with Crippen molar-refractivity contribution >= 4 is 17.7 Å². The molecule has 1 aromatic heterocycles. The molecule has 2 atom stereocenters. The molecule has 0 unspecified atom stereocenters. The van der Waals surface area contributed by atoms with Gasteiger partial charge in [-0.05, 0) is 25.0 Å². The fourth-order valence-corrected chi connectivity index (χ4v) is 3.18. The van der Waals surface area contributed by atoms with E-state index in [9.17, 15) is 19.1 Å². The molecule has 1 aromatic carbocycles. The topological polar surface area (TPSA) is 86.5 Å². The molecule has 0 bridgehead atoms. The number of piperidine rings is 1.